The van der Waals surface area contributed by atoms with Gasteiger partial charge in [0.2, 0.25) is 5.91 Å². The molecule has 0 unspecified atom stereocenters. The van der Waals surface area contributed by atoms with Crippen LogP contribution < -0.4 is 5.32 Å². The number of aromatic amines is 1. The van der Waals surface area contributed by atoms with Crippen molar-refractivity contribution in [3.8, 4) is 28.5 Å². The third-order valence-electron chi connectivity index (χ3n) is 6.07. The van der Waals surface area contributed by atoms with Crippen molar-refractivity contribution in [2.45, 2.75) is 26.2 Å². The van der Waals surface area contributed by atoms with Gasteiger partial charge in [0.1, 0.15) is 5.69 Å². The Morgan fingerprint density at radius 1 is 1.00 bits per heavy atom. The van der Waals surface area contributed by atoms with Gasteiger partial charge in [-0.25, -0.2) is 0 Å². The number of pyridine rings is 1. The van der Waals surface area contributed by atoms with Crippen molar-refractivity contribution in [3.05, 3.63) is 78.5 Å². The fraction of sp³-hybridized carbons (Fsp3) is 0.143. The molecule has 1 amide bonds. The normalized spacial score (nSPS) is 11.5. The number of hydrogen-bond donors (Lipinski definition) is 2. The van der Waals surface area contributed by atoms with Crippen LogP contribution in [-0.4, -0.2) is 21.1 Å². The lowest BCUT2D eigenvalue weighted by molar-refractivity contribution is -0.114. The quantitative estimate of drug-likeness (QED) is 0.344. The SMILES string of the molecule is CC(=O)Nc1cccc(-c2ccc3ncc4[nH]nc(-c5ccc(C(C)(C)C#N)cc5)c4c3c2)c1. The summed E-state index contributed by atoms with van der Waals surface area (Å²) in [5, 5.41) is 22.0. The molecule has 0 radical (unpaired) electrons. The van der Waals surface area contributed by atoms with Crippen molar-refractivity contribution in [1.29, 1.82) is 5.26 Å². The van der Waals surface area contributed by atoms with Crippen LogP contribution in [0.25, 0.3) is 44.2 Å². The minimum atomic E-state index is -0.552. The molecular weight excluding hydrogens is 422 g/mol. The molecule has 0 spiro atoms. The first kappa shape index (κ1) is 21.4. The van der Waals surface area contributed by atoms with E-state index in [1.165, 1.54) is 6.92 Å². The van der Waals surface area contributed by atoms with Gasteiger partial charge >= 0.3 is 0 Å². The summed E-state index contributed by atoms with van der Waals surface area (Å²) in [7, 11) is 0. The Hall–Kier alpha value is -4.50. The number of aromatic nitrogens is 3. The van der Waals surface area contributed by atoms with Crippen LogP contribution in [0.1, 0.15) is 26.3 Å². The summed E-state index contributed by atoms with van der Waals surface area (Å²) in [5.74, 6) is -0.103. The highest BCUT2D eigenvalue weighted by Gasteiger charge is 2.20. The molecular formula is C28H23N5O. The monoisotopic (exact) mass is 445 g/mol. The van der Waals surface area contributed by atoms with Crippen molar-refractivity contribution in [2.24, 2.45) is 0 Å². The molecule has 0 saturated carbocycles. The summed E-state index contributed by atoms with van der Waals surface area (Å²) < 4.78 is 0. The Bertz CT molecular complexity index is 1590. The predicted octanol–water partition coefficient (Wildman–Crippen LogP) is 6.20. The molecule has 0 bridgehead atoms. The van der Waals surface area contributed by atoms with Crippen molar-refractivity contribution in [1.82, 2.24) is 15.2 Å². The molecule has 0 aliphatic heterocycles. The lowest BCUT2D eigenvalue weighted by atomic mass is 9.86. The van der Waals surface area contributed by atoms with Gasteiger partial charge in [-0.3, -0.25) is 14.9 Å². The van der Waals surface area contributed by atoms with Crippen molar-refractivity contribution >= 4 is 33.4 Å². The van der Waals surface area contributed by atoms with Gasteiger partial charge < -0.3 is 5.32 Å². The Labute approximate surface area is 197 Å². The lowest BCUT2D eigenvalue weighted by Gasteiger charge is -2.15. The molecule has 0 aliphatic rings. The van der Waals surface area contributed by atoms with E-state index in [-0.39, 0.29) is 5.91 Å². The van der Waals surface area contributed by atoms with Crippen molar-refractivity contribution < 1.29 is 4.79 Å². The van der Waals surface area contributed by atoms with E-state index < -0.39 is 5.41 Å². The maximum absolute atomic E-state index is 11.5. The number of H-pyrrole nitrogens is 1. The number of nitriles is 1. The second-order valence-corrected chi connectivity index (χ2v) is 8.93. The summed E-state index contributed by atoms with van der Waals surface area (Å²) >= 11 is 0. The first-order chi connectivity index (χ1) is 16.4. The topological polar surface area (TPSA) is 94.5 Å². The molecule has 2 aromatic heterocycles. The Balaban J connectivity index is 1.64. The number of nitrogens with zero attached hydrogens (tertiary/aromatic N) is 3. The standard InChI is InChI=1S/C28H23N5O/c1-17(34)31-22-6-4-5-19(13-22)20-9-12-24-23(14-20)26-25(15-30-24)32-33-27(26)18-7-10-21(11-8-18)28(2,3)16-29/h4-15H,1-3H3,(H,31,34)(H,32,33). The molecule has 2 N–H and O–H groups in total. The average molecular weight is 446 g/mol. The molecule has 166 valence electrons. The zero-order valence-corrected chi connectivity index (χ0v) is 19.2. The number of carbonyl (C=O) groups excluding carboxylic acids is 1. The van der Waals surface area contributed by atoms with E-state index in [9.17, 15) is 10.1 Å². The second kappa shape index (κ2) is 8.13. The molecule has 5 rings (SSSR count). The third-order valence-corrected chi connectivity index (χ3v) is 6.07. The van der Waals surface area contributed by atoms with Gasteiger partial charge in [-0.1, -0.05) is 42.5 Å². The Morgan fingerprint density at radius 3 is 2.47 bits per heavy atom. The summed E-state index contributed by atoms with van der Waals surface area (Å²) in [4.78, 5) is 16.1. The number of benzene rings is 3. The van der Waals surface area contributed by atoms with Crippen LogP contribution in [0, 0.1) is 11.3 Å². The Kier molecular flexibility index (Phi) is 5.10. The molecule has 0 aliphatic carbocycles. The second-order valence-electron chi connectivity index (χ2n) is 8.93. The first-order valence-electron chi connectivity index (χ1n) is 11.0. The zero-order chi connectivity index (χ0) is 23.9. The predicted molar refractivity (Wildman–Crippen MR) is 135 cm³/mol. The van der Waals surface area contributed by atoms with Crippen LogP contribution >= 0.6 is 0 Å². The van der Waals surface area contributed by atoms with E-state index in [1.807, 2.05) is 74.5 Å². The van der Waals surface area contributed by atoms with Crippen molar-refractivity contribution in [3.63, 3.8) is 0 Å². The van der Waals surface area contributed by atoms with Crippen LogP contribution in [-0.2, 0) is 10.2 Å². The van der Waals surface area contributed by atoms with E-state index in [1.54, 1.807) is 6.20 Å². The molecule has 2 heterocycles. The molecule has 0 saturated heterocycles. The molecule has 6 nitrogen and oxygen atoms in total. The zero-order valence-electron chi connectivity index (χ0n) is 19.2. The van der Waals surface area contributed by atoms with E-state index >= 15 is 0 Å². The minimum absolute atomic E-state index is 0.103. The maximum Gasteiger partial charge on any atom is 0.221 e. The van der Waals surface area contributed by atoms with Gasteiger partial charge in [0.25, 0.3) is 0 Å². The first-order valence-corrected chi connectivity index (χ1v) is 11.0. The van der Waals surface area contributed by atoms with E-state index in [2.05, 4.69) is 32.6 Å². The number of carbonyl (C=O) groups is 1. The number of anilines is 1. The highest BCUT2D eigenvalue weighted by atomic mass is 16.1. The van der Waals surface area contributed by atoms with Gasteiger partial charge in [-0.05, 0) is 54.8 Å². The van der Waals surface area contributed by atoms with Gasteiger partial charge in [-0.2, -0.15) is 10.4 Å². The van der Waals surface area contributed by atoms with Crippen LogP contribution in [0.2, 0.25) is 0 Å². The third kappa shape index (κ3) is 3.78. The number of fused-ring (bicyclic) bond motifs is 3. The molecule has 5 aromatic rings. The van der Waals surface area contributed by atoms with Gasteiger partial charge in [-0.15, -0.1) is 0 Å². The number of amides is 1. The van der Waals surface area contributed by atoms with Gasteiger partial charge in [0, 0.05) is 28.9 Å². The average Bonchev–Trinajstić information content (AvgIpc) is 3.28. The highest BCUT2D eigenvalue weighted by molar-refractivity contribution is 6.11. The van der Waals surface area contributed by atoms with E-state index in [4.69, 9.17) is 0 Å². The number of hydrogen-bond acceptors (Lipinski definition) is 4. The van der Waals surface area contributed by atoms with Crippen LogP contribution in [0.4, 0.5) is 5.69 Å². The van der Waals surface area contributed by atoms with Crippen LogP contribution in [0.5, 0.6) is 0 Å². The van der Waals surface area contributed by atoms with Gasteiger partial charge in [0.15, 0.2) is 0 Å². The highest BCUT2D eigenvalue weighted by Crippen LogP contribution is 2.35. The van der Waals surface area contributed by atoms with Crippen molar-refractivity contribution in [2.75, 3.05) is 5.32 Å². The Morgan fingerprint density at radius 2 is 1.74 bits per heavy atom. The number of nitrogens with one attached hydrogen (secondary N) is 2. The van der Waals surface area contributed by atoms with Gasteiger partial charge in [0.05, 0.1) is 28.7 Å². The van der Waals surface area contributed by atoms with E-state index in [0.717, 1.165) is 55.4 Å². The van der Waals surface area contributed by atoms with Crippen LogP contribution in [0.15, 0.2) is 72.9 Å². The van der Waals surface area contributed by atoms with Crippen LogP contribution in [0.3, 0.4) is 0 Å². The summed E-state index contributed by atoms with van der Waals surface area (Å²) in [6.07, 6.45) is 1.80. The summed E-state index contributed by atoms with van der Waals surface area (Å²) in [6, 6.07) is 24.3. The fourth-order valence-electron chi connectivity index (χ4n) is 4.18. The molecule has 0 atom stereocenters. The maximum atomic E-state index is 11.5. The molecule has 0 fully saturated rings. The summed E-state index contributed by atoms with van der Waals surface area (Å²) in [6.45, 7) is 5.32. The molecule has 34 heavy (non-hydrogen) atoms. The molecule has 3 aromatic carbocycles. The largest absolute Gasteiger partial charge is 0.326 e. The fourth-order valence-corrected chi connectivity index (χ4v) is 4.18. The lowest BCUT2D eigenvalue weighted by Crippen LogP contribution is -2.13. The minimum Gasteiger partial charge on any atom is -0.326 e. The van der Waals surface area contributed by atoms with E-state index in [0.29, 0.717) is 0 Å². The number of rotatable bonds is 4. The molecule has 6 heteroatoms. The summed E-state index contributed by atoms with van der Waals surface area (Å²) in [5.41, 5.74) is 6.72. The smallest absolute Gasteiger partial charge is 0.221 e.